The first-order valence-corrected chi connectivity index (χ1v) is 12.7. The van der Waals surface area contributed by atoms with Crippen molar-refractivity contribution < 1.29 is 33.5 Å². The fourth-order valence-electron chi connectivity index (χ4n) is 3.28. The second kappa shape index (κ2) is 11.1. The number of oxime groups is 1. The van der Waals surface area contributed by atoms with Gasteiger partial charge in [0.25, 0.3) is 11.8 Å². The lowest BCUT2D eigenvalue weighted by atomic mass is 9.98. The number of nitrogen functional groups attached to an aromatic ring is 1. The average Bonchev–Trinajstić information content (AvgIpc) is 3.25. The van der Waals surface area contributed by atoms with Gasteiger partial charge in [0.05, 0.1) is 5.41 Å². The Morgan fingerprint density at radius 3 is 2.64 bits per heavy atom. The van der Waals surface area contributed by atoms with Crippen molar-refractivity contribution in [3.05, 3.63) is 34.5 Å². The number of fused-ring (bicyclic) bond motifs is 1. The summed E-state index contributed by atoms with van der Waals surface area (Å²) in [4.78, 5) is 60.9. The number of nitrogens with zero attached hydrogens (tertiary/aromatic N) is 3. The van der Waals surface area contributed by atoms with Gasteiger partial charge in [-0.05, 0) is 33.3 Å². The van der Waals surface area contributed by atoms with Gasteiger partial charge in [0.15, 0.2) is 10.8 Å². The number of thiazole rings is 1. The average molecular weight is 538 g/mol. The maximum Gasteiger partial charge on any atom is 0.358 e. The highest BCUT2D eigenvalue weighted by Crippen LogP contribution is 2.41. The zero-order valence-corrected chi connectivity index (χ0v) is 22.0. The van der Waals surface area contributed by atoms with E-state index in [-0.39, 0.29) is 22.2 Å². The van der Waals surface area contributed by atoms with Crippen molar-refractivity contribution in [1.82, 2.24) is 15.2 Å². The first-order valence-electron chi connectivity index (χ1n) is 10.8. The Balaban J connectivity index is 1.74. The van der Waals surface area contributed by atoms with Gasteiger partial charge < -0.3 is 25.4 Å². The zero-order valence-electron chi connectivity index (χ0n) is 20.4. The molecule has 1 saturated heterocycles. The van der Waals surface area contributed by atoms with Crippen molar-refractivity contribution in [2.75, 3.05) is 25.4 Å². The highest BCUT2D eigenvalue weighted by molar-refractivity contribution is 8.00. The van der Waals surface area contributed by atoms with E-state index >= 15 is 0 Å². The van der Waals surface area contributed by atoms with Crippen molar-refractivity contribution in [1.29, 1.82) is 0 Å². The van der Waals surface area contributed by atoms with Crippen LogP contribution in [0.1, 0.15) is 33.4 Å². The topological polar surface area (TPSA) is 163 Å². The van der Waals surface area contributed by atoms with Gasteiger partial charge in [-0.2, -0.15) is 0 Å². The maximum atomic E-state index is 13.1. The number of aromatic nitrogens is 1. The SMILES string of the molecule is CC=CC1=C(C(=O)OCOC(=O)C(C)(C)C)N2C(=O)C(NC(=O)C(=NOC)c3csc(N)n3)[C@@H]2SC1. The molecular weight excluding hydrogens is 510 g/mol. The van der Waals surface area contributed by atoms with Gasteiger partial charge in [0.1, 0.15) is 29.9 Å². The van der Waals surface area contributed by atoms with Crippen LogP contribution >= 0.6 is 23.1 Å². The highest BCUT2D eigenvalue weighted by Gasteiger charge is 2.54. The molecule has 36 heavy (non-hydrogen) atoms. The van der Waals surface area contributed by atoms with Gasteiger partial charge >= 0.3 is 11.9 Å². The minimum absolute atomic E-state index is 0.0391. The van der Waals surface area contributed by atoms with Gasteiger partial charge in [-0.25, -0.2) is 9.78 Å². The van der Waals surface area contributed by atoms with E-state index in [1.807, 2.05) is 0 Å². The Kier molecular flexibility index (Phi) is 8.40. The molecule has 14 heteroatoms. The molecule has 0 aliphatic carbocycles. The van der Waals surface area contributed by atoms with Crippen LogP contribution in [0.4, 0.5) is 5.13 Å². The van der Waals surface area contributed by atoms with Crippen LogP contribution in [0, 0.1) is 5.41 Å². The summed E-state index contributed by atoms with van der Waals surface area (Å²) in [5.41, 5.74) is 5.57. The molecule has 0 aromatic carbocycles. The Morgan fingerprint density at radius 2 is 2.06 bits per heavy atom. The summed E-state index contributed by atoms with van der Waals surface area (Å²) in [7, 11) is 1.28. The van der Waals surface area contributed by atoms with Crippen molar-refractivity contribution in [2.24, 2.45) is 10.6 Å². The van der Waals surface area contributed by atoms with Crippen LogP contribution in [0.3, 0.4) is 0 Å². The molecule has 194 valence electrons. The number of hydrogen-bond donors (Lipinski definition) is 2. The lowest BCUT2D eigenvalue weighted by Gasteiger charge is -2.49. The molecule has 2 aliphatic rings. The Bertz CT molecular complexity index is 1150. The van der Waals surface area contributed by atoms with E-state index in [1.54, 1.807) is 45.2 Å². The summed E-state index contributed by atoms with van der Waals surface area (Å²) >= 11 is 2.50. The first kappa shape index (κ1) is 27.2. The molecule has 1 aromatic heterocycles. The van der Waals surface area contributed by atoms with E-state index in [9.17, 15) is 19.2 Å². The third-order valence-corrected chi connectivity index (χ3v) is 6.98. The molecule has 12 nitrogen and oxygen atoms in total. The summed E-state index contributed by atoms with van der Waals surface area (Å²) in [6, 6.07) is -0.922. The lowest BCUT2D eigenvalue weighted by molar-refractivity contribution is -0.173. The highest BCUT2D eigenvalue weighted by atomic mass is 32.2. The molecule has 2 amide bonds. The number of carbonyl (C=O) groups is 4. The number of esters is 2. The van der Waals surface area contributed by atoms with E-state index in [1.165, 1.54) is 23.8 Å². The molecule has 3 heterocycles. The lowest BCUT2D eigenvalue weighted by Crippen LogP contribution is -2.71. The number of anilines is 1. The Morgan fingerprint density at radius 1 is 1.33 bits per heavy atom. The summed E-state index contributed by atoms with van der Waals surface area (Å²) in [5.74, 6) is -2.14. The number of hydrogen-bond acceptors (Lipinski definition) is 12. The van der Waals surface area contributed by atoms with E-state index in [0.29, 0.717) is 11.3 Å². The minimum atomic E-state index is -0.922. The van der Waals surface area contributed by atoms with Crippen molar-refractivity contribution in [2.45, 2.75) is 39.1 Å². The predicted molar refractivity (Wildman–Crippen MR) is 133 cm³/mol. The van der Waals surface area contributed by atoms with Gasteiger partial charge in [0, 0.05) is 11.1 Å². The molecule has 0 radical (unpaired) electrons. The van der Waals surface area contributed by atoms with Crippen LogP contribution in [0.5, 0.6) is 0 Å². The third-order valence-electron chi connectivity index (χ3n) is 5.00. The molecule has 2 atom stereocenters. The minimum Gasteiger partial charge on any atom is -0.427 e. The number of rotatable bonds is 8. The standard InChI is InChI=1S/C22H27N5O7S2/c1-6-7-11-8-35-18-14(25-16(28)13(26-32-5)12-9-36-21(23)24-12)17(29)27(18)15(11)19(30)33-10-34-20(31)22(2,3)4/h6-7,9,14,18H,8,10H2,1-5H3,(H2,23,24)(H,25,28)/t14?,18-/m0/s1. The zero-order chi connectivity index (χ0) is 26.6. The second-order valence-electron chi connectivity index (χ2n) is 8.66. The van der Waals surface area contributed by atoms with Gasteiger partial charge in [-0.15, -0.1) is 23.1 Å². The molecule has 1 fully saturated rings. The number of β-lactam (4-membered cyclic amide) rings is 1. The van der Waals surface area contributed by atoms with Crippen LogP contribution < -0.4 is 11.1 Å². The Hall–Kier alpha value is -3.39. The van der Waals surface area contributed by atoms with Gasteiger partial charge in [-0.1, -0.05) is 17.3 Å². The number of ether oxygens (including phenoxy) is 2. The summed E-state index contributed by atoms with van der Waals surface area (Å²) < 4.78 is 10.2. The number of amides is 2. The summed E-state index contributed by atoms with van der Waals surface area (Å²) in [6.45, 7) is 6.21. The molecule has 0 saturated carbocycles. The van der Waals surface area contributed by atoms with Crippen molar-refractivity contribution in [3.63, 3.8) is 0 Å². The number of nitrogens with one attached hydrogen (secondary N) is 1. The quantitative estimate of drug-likeness (QED) is 0.163. The van der Waals surface area contributed by atoms with Gasteiger partial charge in [-0.3, -0.25) is 19.3 Å². The van der Waals surface area contributed by atoms with Crippen molar-refractivity contribution >= 4 is 57.7 Å². The van der Waals surface area contributed by atoms with E-state index < -0.39 is 47.4 Å². The Labute approximate surface area is 215 Å². The second-order valence-corrected chi connectivity index (χ2v) is 10.7. The molecule has 2 aliphatic heterocycles. The number of nitrogens with two attached hydrogens (primary N) is 1. The van der Waals surface area contributed by atoms with Crippen LogP contribution in [-0.2, 0) is 33.5 Å². The summed E-state index contributed by atoms with van der Waals surface area (Å²) in [5, 5.41) is 7.59. The molecule has 3 N–H and O–H groups in total. The number of allylic oxidation sites excluding steroid dienone is 2. The van der Waals surface area contributed by atoms with Crippen LogP contribution in [0.15, 0.2) is 34.0 Å². The number of carbonyl (C=O) groups excluding carboxylic acids is 4. The molecular formula is C22H27N5O7S2. The van der Waals surface area contributed by atoms with Crippen LogP contribution in [0.2, 0.25) is 0 Å². The fraction of sp³-hybridized carbons (Fsp3) is 0.455. The summed E-state index contributed by atoms with van der Waals surface area (Å²) in [6.07, 6.45) is 3.44. The molecule has 0 bridgehead atoms. The van der Waals surface area contributed by atoms with E-state index in [4.69, 9.17) is 20.0 Å². The fourth-order valence-corrected chi connectivity index (χ4v) is 5.15. The largest absolute Gasteiger partial charge is 0.427 e. The van der Waals surface area contributed by atoms with Crippen molar-refractivity contribution in [3.8, 4) is 0 Å². The first-order chi connectivity index (χ1) is 17.0. The molecule has 0 spiro atoms. The normalized spacial score (nSPS) is 20.1. The van der Waals surface area contributed by atoms with Crippen LogP contribution in [-0.4, -0.2) is 70.4 Å². The van der Waals surface area contributed by atoms with Gasteiger partial charge in [0.2, 0.25) is 6.79 Å². The molecule has 1 aromatic rings. The molecule has 3 rings (SSSR count). The maximum absolute atomic E-state index is 13.1. The van der Waals surface area contributed by atoms with Crippen LogP contribution in [0.25, 0.3) is 0 Å². The predicted octanol–water partition coefficient (Wildman–Crippen LogP) is 1.40. The number of thioether (sulfide) groups is 1. The third kappa shape index (κ3) is 5.70. The monoisotopic (exact) mass is 537 g/mol. The van der Waals surface area contributed by atoms with E-state index in [0.717, 1.165) is 11.3 Å². The smallest absolute Gasteiger partial charge is 0.358 e. The van der Waals surface area contributed by atoms with E-state index in [2.05, 4.69) is 15.5 Å². The molecule has 1 unspecified atom stereocenters.